The molecule has 2 aromatic rings. The molecule has 0 aliphatic carbocycles. The number of fused-ring (bicyclic) bond motifs is 1. The summed E-state index contributed by atoms with van der Waals surface area (Å²) in [7, 11) is 8.84. The number of nitrogens with zero attached hydrogens (tertiary/aromatic N) is 1. The molecule has 0 saturated heterocycles. The third-order valence-corrected chi connectivity index (χ3v) is 4.85. The summed E-state index contributed by atoms with van der Waals surface area (Å²) >= 11 is 0. The summed E-state index contributed by atoms with van der Waals surface area (Å²) in [5.74, 6) is 3.17. The summed E-state index contributed by atoms with van der Waals surface area (Å²) in [4.78, 5) is 2.32. The van der Waals surface area contributed by atoms with E-state index in [9.17, 15) is 0 Å². The lowest BCUT2D eigenvalue weighted by atomic mass is 9.87. The lowest BCUT2D eigenvalue weighted by Gasteiger charge is -2.36. The zero-order chi connectivity index (χ0) is 18.0. The number of methoxy groups -OCH3 is 4. The van der Waals surface area contributed by atoms with Gasteiger partial charge < -0.3 is 18.9 Å². The average Bonchev–Trinajstić information content (AvgIpc) is 2.66. The molecule has 1 heterocycles. The molecular formula is C20H25NO4. The van der Waals surface area contributed by atoms with Crippen LogP contribution in [0.4, 0.5) is 0 Å². The van der Waals surface area contributed by atoms with Crippen molar-refractivity contribution in [3.63, 3.8) is 0 Å². The number of benzene rings is 2. The van der Waals surface area contributed by atoms with E-state index in [-0.39, 0.29) is 6.04 Å². The fraction of sp³-hybridized carbons (Fsp3) is 0.400. The average molecular weight is 343 g/mol. The number of hydrogen-bond donors (Lipinski definition) is 0. The van der Waals surface area contributed by atoms with E-state index in [1.807, 2.05) is 18.2 Å². The highest BCUT2D eigenvalue weighted by atomic mass is 16.5. The zero-order valence-corrected chi connectivity index (χ0v) is 15.5. The predicted octanol–water partition coefficient (Wildman–Crippen LogP) is 3.30. The number of hydrogen-bond acceptors (Lipinski definition) is 5. The maximum Gasteiger partial charge on any atom is 0.161 e. The molecule has 5 heteroatoms. The van der Waals surface area contributed by atoms with Crippen molar-refractivity contribution in [2.75, 3.05) is 42.0 Å². The lowest BCUT2D eigenvalue weighted by molar-refractivity contribution is 0.255. The van der Waals surface area contributed by atoms with Crippen molar-refractivity contribution in [1.29, 1.82) is 0 Å². The maximum absolute atomic E-state index is 5.62. The van der Waals surface area contributed by atoms with Crippen LogP contribution in [0.1, 0.15) is 22.7 Å². The van der Waals surface area contributed by atoms with Crippen LogP contribution in [0.15, 0.2) is 30.3 Å². The largest absolute Gasteiger partial charge is 0.497 e. The molecule has 3 rings (SSSR count). The van der Waals surface area contributed by atoms with E-state index in [4.69, 9.17) is 18.9 Å². The standard InChI is InChI=1S/C20H25NO4/c1-21-9-8-13-10-18(24-4)19(25-5)12-15(13)20(21)16-11-14(22-2)6-7-17(16)23-3/h6-7,10-12,20H,8-9H2,1-5H3. The van der Waals surface area contributed by atoms with Crippen LogP contribution in [0.2, 0.25) is 0 Å². The predicted molar refractivity (Wildman–Crippen MR) is 97.3 cm³/mol. The molecule has 1 unspecified atom stereocenters. The van der Waals surface area contributed by atoms with Gasteiger partial charge in [-0.05, 0) is 54.9 Å². The van der Waals surface area contributed by atoms with Gasteiger partial charge in [0, 0.05) is 12.1 Å². The van der Waals surface area contributed by atoms with E-state index >= 15 is 0 Å². The van der Waals surface area contributed by atoms with Crippen molar-refractivity contribution in [1.82, 2.24) is 4.90 Å². The van der Waals surface area contributed by atoms with Crippen LogP contribution in [0.3, 0.4) is 0 Å². The highest BCUT2D eigenvalue weighted by Crippen LogP contribution is 2.43. The fourth-order valence-electron chi connectivity index (χ4n) is 3.53. The van der Waals surface area contributed by atoms with Crippen LogP contribution in [-0.4, -0.2) is 46.9 Å². The molecule has 0 aromatic heterocycles. The van der Waals surface area contributed by atoms with Gasteiger partial charge in [0.2, 0.25) is 0 Å². The zero-order valence-electron chi connectivity index (χ0n) is 15.5. The van der Waals surface area contributed by atoms with Gasteiger partial charge in [-0.25, -0.2) is 0 Å². The SMILES string of the molecule is COc1ccc(OC)c(C2c3cc(OC)c(OC)cc3CCN2C)c1. The van der Waals surface area contributed by atoms with Crippen LogP contribution < -0.4 is 18.9 Å². The van der Waals surface area contributed by atoms with Crippen molar-refractivity contribution in [2.45, 2.75) is 12.5 Å². The Morgan fingerprint density at radius 2 is 1.48 bits per heavy atom. The van der Waals surface area contributed by atoms with Gasteiger partial charge in [-0.1, -0.05) is 0 Å². The van der Waals surface area contributed by atoms with Gasteiger partial charge in [0.05, 0.1) is 34.5 Å². The van der Waals surface area contributed by atoms with Crippen molar-refractivity contribution >= 4 is 0 Å². The summed E-state index contributed by atoms with van der Waals surface area (Å²) in [6, 6.07) is 10.1. The molecule has 2 aromatic carbocycles. The monoisotopic (exact) mass is 343 g/mol. The van der Waals surface area contributed by atoms with E-state index < -0.39 is 0 Å². The minimum absolute atomic E-state index is 0.0635. The Balaban J connectivity index is 2.18. The topological polar surface area (TPSA) is 40.2 Å². The molecule has 1 aliphatic rings. The van der Waals surface area contributed by atoms with Gasteiger partial charge in [0.15, 0.2) is 11.5 Å². The number of likely N-dealkylation sites (N-methyl/N-ethyl adjacent to an activating group) is 1. The molecule has 5 nitrogen and oxygen atoms in total. The Labute approximate surface area is 149 Å². The third-order valence-electron chi connectivity index (χ3n) is 4.85. The first-order valence-corrected chi connectivity index (χ1v) is 8.29. The van der Waals surface area contributed by atoms with Crippen molar-refractivity contribution in [2.24, 2.45) is 0 Å². The Hall–Kier alpha value is -2.40. The van der Waals surface area contributed by atoms with Crippen LogP contribution in [0.5, 0.6) is 23.0 Å². The molecular weight excluding hydrogens is 318 g/mol. The molecule has 25 heavy (non-hydrogen) atoms. The minimum atomic E-state index is 0.0635. The normalized spacial score (nSPS) is 16.9. The first-order valence-electron chi connectivity index (χ1n) is 8.29. The Bertz CT molecular complexity index is 760. The van der Waals surface area contributed by atoms with E-state index in [2.05, 4.69) is 24.1 Å². The first-order chi connectivity index (χ1) is 12.1. The molecule has 0 bridgehead atoms. The van der Waals surface area contributed by atoms with Crippen molar-refractivity contribution in [3.05, 3.63) is 47.0 Å². The highest BCUT2D eigenvalue weighted by Gasteiger charge is 2.30. The summed E-state index contributed by atoms with van der Waals surface area (Å²) in [6.45, 7) is 0.952. The quantitative estimate of drug-likeness (QED) is 0.833. The van der Waals surface area contributed by atoms with Gasteiger partial charge in [-0.3, -0.25) is 4.90 Å². The molecule has 134 valence electrons. The fourth-order valence-corrected chi connectivity index (χ4v) is 3.53. The van der Waals surface area contributed by atoms with Crippen LogP contribution in [-0.2, 0) is 6.42 Å². The third kappa shape index (κ3) is 3.12. The van der Waals surface area contributed by atoms with Gasteiger partial charge in [0.1, 0.15) is 11.5 Å². The summed E-state index contributed by atoms with van der Waals surface area (Å²) < 4.78 is 22.0. The molecule has 0 N–H and O–H groups in total. The maximum atomic E-state index is 5.62. The summed E-state index contributed by atoms with van der Waals surface area (Å²) in [5, 5.41) is 0. The van der Waals surface area contributed by atoms with E-state index in [1.54, 1.807) is 28.4 Å². The van der Waals surface area contributed by atoms with Crippen LogP contribution in [0, 0.1) is 0 Å². The van der Waals surface area contributed by atoms with Crippen LogP contribution in [0.25, 0.3) is 0 Å². The highest BCUT2D eigenvalue weighted by molar-refractivity contribution is 5.54. The Kier molecular flexibility index (Phi) is 5.04. The van der Waals surface area contributed by atoms with E-state index in [0.29, 0.717) is 0 Å². The Morgan fingerprint density at radius 1 is 0.800 bits per heavy atom. The molecule has 0 radical (unpaired) electrons. The molecule has 0 spiro atoms. The second-order valence-electron chi connectivity index (χ2n) is 6.15. The minimum Gasteiger partial charge on any atom is -0.497 e. The first kappa shape index (κ1) is 17.4. The van der Waals surface area contributed by atoms with Gasteiger partial charge >= 0.3 is 0 Å². The second kappa shape index (κ2) is 7.23. The smallest absolute Gasteiger partial charge is 0.161 e. The van der Waals surface area contributed by atoms with Crippen molar-refractivity contribution < 1.29 is 18.9 Å². The van der Waals surface area contributed by atoms with Gasteiger partial charge in [-0.2, -0.15) is 0 Å². The van der Waals surface area contributed by atoms with E-state index in [1.165, 1.54) is 11.1 Å². The summed E-state index contributed by atoms with van der Waals surface area (Å²) in [5.41, 5.74) is 3.56. The summed E-state index contributed by atoms with van der Waals surface area (Å²) in [6.07, 6.45) is 0.967. The Morgan fingerprint density at radius 3 is 2.12 bits per heavy atom. The second-order valence-corrected chi connectivity index (χ2v) is 6.15. The molecule has 0 saturated carbocycles. The molecule has 1 aliphatic heterocycles. The number of ether oxygens (including phenoxy) is 4. The lowest BCUT2D eigenvalue weighted by Crippen LogP contribution is -2.33. The van der Waals surface area contributed by atoms with Crippen molar-refractivity contribution in [3.8, 4) is 23.0 Å². The molecule has 0 amide bonds. The molecule has 0 fully saturated rings. The van der Waals surface area contributed by atoms with E-state index in [0.717, 1.165) is 41.5 Å². The van der Waals surface area contributed by atoms with Crippen LogP contribution >= 0.6 is 0 Å². The van der Waals surface area contributed by atoms with Gasteiger partial charge in [-0.15, -0.1) is 0 Å². The molecule has 1 atom stereocenters. The van der Waals surface area contributed by atoms with Gasteiger partial charge in [0.25, 0.3) is 0 Å². The number of rotatable bonds is 5.